The maximum absolute atomic E-state index is 12.3. The third kappa shape index (κ3) is 4.13. The number of carbonyl (C=O) groups is 2. The summed E-state index contributed by atoms with van der Waals surface area (Å²) in [5.41, 5.74) is 6.72. The number of ether oxygens (including phenoxy) is 2. The number of carbonyl (C=O) groups excluding carboxylic acids is 2. The quantitative estimate of drug-likeness (QED) is 0.603. The van der Waals surface area contributed by atoms with Gasteiger partial charge < -0.3 is 20.5 Å². The fourth-order valence-corrected chi connectivity index (χ4v) is 2.04. The number of amides is 1. The molecule has 2 aromatic carbocycles. The molecule has 1 amide bonds. The zero-order valence-corrected chi connectivity index (χ0v) is 13.4. The SMILES string of the molecule is COc1ccc(OC)c(C(=O)C=CNc2ccc(C(N)=O)cc2)c1. The number of hydrogen-bond donors (Lipinski definition) is 2. The Balaban J connectivity index is 2.09. The highest BCUT2D eigenvalue weighted by Crippen LogP contribution is 2.24. The van der Waals surface area contributed by atoms with Crippen LogP contribution in [-0.2, 0) is 0 Å². The van der Waals surface area contributed by atoms with Crippen molar-refractivity contribution in [3.63, 3.8) is 0 Å². The van der Waals surface area contributed by atoms with Gasteiger partial charge in [-0.1, -0.05) is 0 Å². The molecule has 0 aromatic heterocycles. The van der Waals surface area contributed by atoms with Crippen molar-refractivity contribution in [3.05, 3.63) is 65.9 Å². The molecule has 124 valence electrons. The van der Waals surface area contributed by atoms with E-state index in [1.807, 2.05) is 0 Å². The smallest absolute Gasteiger partial charge is 0.248 e. The first kappa shape index (κ1) is 17.1. The molecule has 0 aliphatic carbocycles. The van der Waals surface area contributed by atoms with Gasteiger partial charge in [-0.15, -0.1) is 0 Å². The summed E-state index contributed by atoms with van der Waals surface area (Å²) in [5.74, 6) is 0.322. The zero-order valence-electron chi connectivity index (χ0n) is 13.4. The van der Waals surface area contributed by atoms with E-state index in [0.29, 0.717) is 22.6 Å². The molecule has 0 saturated carbocycles. The molecule has 0 fully saturated rings. The number of primary amides is 1. The van der Waals surface area contributed by atoms with Crippen LogP contribution >= 0.6 is 0 Å². The minimum Gasteiger partial charge on any atom is -0.497 e. The molecule has 0 aliphatic rings. The molecule has 6 nitrogen and oxygen atoms in total. The number of allylic oxidation sites excluding steroid dienone is 1. The molecule has 0 aliphatic heterocycles. The first-order valence-electron chi connectivity index (χ1n) is 7.14. The predicted molar refractivity (Wildman–Crippen MR) is 91.6 cm³/mol. The van der Waals surface area contributed by atoms with Crippen molar-refractivity contribution in [3.8, 4) is 11.5 Å². The fraction of sp³-hybridized carbons (Fsp3) is 0.111. The van der Waals surface area contributed by atoms with Gasteiger partial charge in [-0.05, 0) is 42.5 Å². The summed E-state index contributed by atoms with van der Waals surface area (Å²) in [4.78, 5) is 23.3. The molecule has 0 spiro atoms. The van der Waals surface area contributed by atoms with E-state index in [4.69, 9.17) is 15.2 Å². The molecule has 3 N–H and O–H groups in total. The average Bonchev–Trinajstić information content (AvgIpc) is 2.61. The molecule has 0 atom stereocenters. The third-order valence-corrected chi connectivity index (χ3v) is 3.33. The predicted octanol–water partition coefficient (Wildman–Crippen LogP) is 2.61. The standard InChI is InChI=1S/C18H18N2O4/c1-23-14-7-8-17(24-2)15(11-14)16(21)9-10-20-13-5-3-12(4-6-13)18(19)22/h3-11,20H,1-2H3,(H2,19,22). The van der Waals surface area contributed by atoms with Crippen molar-refractivity contribution in [1.82, 2.24) is 0 Å². The number of ketones is 1. The third-order valence-electron chi connectivity index (χ3n) is 3.33. The molecule has 0 radical (unpaired) electrons. The molecular formula is C18H18N2O4. The van der Waals surface area contributed by atoms with E-state index >= 15 is 0 Å². The Morgan fingerprint density at radius 3 is 2.33 bits per heavy atom. The maximum atomic E-state index is 12.3. The highest BCUT2D eigenvalue weighted by atomic mass is 16.5. The number of benzene rings is 2. The largest absolute Gasteiger partial charge is 0.497 e. The van der Waals surface area contributed by atoms with Gasteiger partial charge in [0.25, 0.3) is 0 Å². The van der Waals surface area contributed by atoms with Gasteiger partial charge in [0.15, 0.2) is 5.78 Å². The summed E-state index contributed by atoms with van der Waals surface area (Å²) in [5, 5.41) is 2.95. The lowest BCUT2D eigenvalue weighted by Crippen LogP contribution is -2.10. The average molecular weight is 326 g/mol. The molecule has 0 heterocycles. The first-order chi connectivity index (χ1) is 11.5. The van der Waals surface area contributed by atoms with Gasteiger partial charge in [-0.25, -0.2) is 0 Å². The Kier molecular flexibility index (Phi) is 5.57. The summed E-state index contributed by atoms with van der Waals surface area (Å²) >= 11 is 0. The number of nitrogens with two attached hydrogens (primary N) is 1. The highest BCUT2D eigenvalue weighted by Gasteiger charge is 2.11. The van der Waals surface area contributed by atoms with Crippen LogP contribution in [-0.4, -0.2) is 25.9 Å². The van der Waals surface area contributed by atoms with Crippen molar-refractivity contribution in [2.45, 2.75) is 0 Å². The monoisotopic (exact) mass is 326 g/mol. The fourth-order valence-electron chi connectivity index (χ4n) is 2.04. The Morgan fingerprint density at radius 1 is 1.04 bits per heavy atom. The van der Waals surface area contributed by atoms with E-state index in [0.717, 1.165) is 5.69 Å². The second-order valence-corrected chi connectivity index (χ2v) is 4.85. The van der Waals surface area contributed by atoms with Gasteiger partial charge in [-0.3, -0.25) is 9.59 Å². The summed E-state index contributed by atoms with van der Waals surface area (Å²) in [6.45, 7) is 0. The van der Waals surface area contributed by atoms with E-state index < -0.39 is 5.91 Å². The van der Waals surface area contributed by atoms with Gasteiger partial charge in [0.05, 0.1) is 19.8 Å². The second-order valence-electron chi connectivity index (χ2n) is 4.85. The summed E-state index contributed by atoms with van der Waals surface area (Å²) in [6, 6.07) is 11.6. The van der Waals surface area contributed by atoms with E-state index in [9.17, 15) is 9.59 Å². The van der Waals surface area contributed by atoms with Gasteiger partial charge in [0.1, 0.15) is 11.5 Å². The Hall–Kier alpha value is -3.28. The zero-order chi connectivity index (χ0) is 17.5. The molecule has 0 bridgehead atoms. The van der Waals surface area contributed by atoms with Crippen molar-refractivity contribution in [2.75, 3.05) is 19.5 Å². The Morgan fingerprint density at radius 2 is 1.75 bits per heavy atom. The van der Waals surface area contributed by atoms with Crippen LogP contribution in [0, 0.1) is 0 Å². The van der Waals surface area contributed by atoms with Gasteiger partial charge >= 0.3 is 0 Å². The van der Waals surface area contributed by atoms with Crippen LogP contribution in [0.25, 0.3) is 0 Å². The van der Waals surface area contributed by atoms with E-state index in [1.165, 1.54) is 26.5 Å². The van der Waals surface area contributed by atoms with Crippen molar-refractivity contribution < 1.29 is 19.1 Å². The van der Waals surface area contributed by atoms with Crippen LogP contribution in [0.3, 0.4) is 0 Å². The lowest BCUT2D eigenvalue weighted by molar-refractivity contribution is 0.0998. The van der Waals surface area contributed by atoms with Crippen LogP contribution < -0.4 is 20.5 Å². The molecule has 0 saturated heterocycles. The Labute approximate surface area is 139 Å². The molecule has 2 rings (SSSR count). The molecule has 6 heteroatoms. The first-order valence-corrected chi connectivity index (χ1v) is 7.14. The van der Waals surface area contributed by atoms with Crippen LogP contribution in [0.1, 0.15) is 20.7 Å². The van der Waals surface area contributed by atoms with Crippen molar-refractivity contribution in [2.24, 2.45) is 5.73 Å². The van der Waals surface area contributed by atoms with Crippen LogP contribution in [0.4, 0.5) is 5.69 Å². The summed E-state index contributed by atoms with van der Waals surface area (Å²) < 4.78 is 10.3. The summed E-state index contributed by atoms with van der Waals surface area (Å²) in [6.07, 6.45) is 2.90. The van der Waals surface area contributed by atoms with E-state index in [-0.39, 0.29) is 5.78 Å². The topological polar surface area (TPSA) is 90.7 Å². The minimum atomic E-state index is -0.489. The van der Waals surface area contributed by atoms with Crippen LogP contribution in [0.5, 0.6) is 11.5 Å². The number of methoxy groups -OCH3 is 2. The van der Waals surface area contributed by atoms with Gasteiger partial charge in [0.2, 0.25) is 5.91 Å². The molecule has 0 unspecified atom stereocenters. The number of hydrogen-bond acceptors (Lipinski definition) is 5. The Bertz CT molecular complexity index is 767. The molecule has 2 aromatic rings. The lowest BCUT2D eigenvalue weighted by Gasteiger charge is -2.08. The van der Waals surface area contributed by atoms with Crippen molar-refractivity contribution >= 4 is 17.4 Å². The number of rotatable bonds is 7. The molecule has 24 heavy (non-hydrogen) atoms. The molecular weight excluding hydrogens is 308 g/mol. The van der Waals surface area contributed by atoms with Gasteiger partial charge in [0, 0.05) is 23.5 Å². The number of anilines is 1. The minimum absolute atomic E-state index is 0.230. The highest BCUT2D eigenvalue weighted by molar-refractivity contribution is 6.07. The van der Waals surface area contributed by atoms with Crippen LogP contribution in [0.15, 0.2) is 54.7 Å². The van der Waals surface area contributed by atoms with Gasteiger partial charge in [-0.2, -0.15) is 0 Å². The summed E-state index contributed by atoms with van der Waals surface area (Å²) in [7, 11) is 3.03. The van der Waals surface area contributed by atoms with E-state index in [1.54, 1.807) is 42.5 Å². The van der Waals surface area contributed by atoms with E-state index in [2.05, 4.69) is 5.32 Å². The van der Waals surface area contributed by atoms with Crippen LogP contribution in [0.2, 0.25) is 0 Å². The normalized spacial score (nSPS) is 10.4. The second kappa shape index (κ2) is 7.82. The maximum Gasteiger partial charge on any atom is 0.248 e. The number of nitrogens with one attached hydrogen (secondary N) is 1. The lowest BCUT2D eigenvalue weighted by atomic mass is 10.1. The van der Waals surface area contributed by atoms with Crippen molar-refractivity contribution in [1.29, 1.82) is 0 Å².